The quantitative estimate of drug-likeness (QED) is 0.768. The molecule has 1 aromatic rings. The molecule has 0 aromatic heterocycles. The zero-order chi connectivity index (χ0) is 14.0. The van der Waals surface area contributed by atoms with Crippen molar-refractivity contribution in [1.82, 2.24) is 0 Å². The average molecular weight is 273 g/mol. The lowest BCUT2D eigenvalue weighted by Crippen LogP contribution is -2.04. The van der Waals surface area contributed by atoms with Crippen LogP contribution in [0.5, 0.6) is 5.75 Å². The van der Waals surface area contributed by atoms with E-state index in [-0.39, 0.29) is 5.56 Å². The molecule has 0 aliphatic heterocycles. The summed E-state index contributed by atoms with van der Waals surface area (Å²) in [5.74, 6) is -0.638. The summed E-state index contributed by atoms with van der Waals surface area (Å²) in [6, 6.07) is 4.62. The lowest BCUT2D eigenvalue weighted by Gasteiger charge is -2.08. The van der Waals surface area contributed by atoms with Gasteiger partial charge in [-0.3, -0.25) is 0 Å². The zero-order valence-corrected chi connectivity index (χ0v) is 12.0. The van der Waals surface area contributed by atoms with Crippen molar-refractivity contribution in [2.45, 2.75) is 40.0 Å². The third-order valence-electron chi connectivity index (χ3n) is 2.18. The standard InChI is InChI=1S/C12H15ClO3.C2H6/c1-2-3-4-7-16-11-6-5-9(13)8-10(11)12(14)15;1-2/h5-6,8H,2-4,7H2,1H3,(H,14,15);1-2H3. The highest BCUT2D eigenvalue weighted by atomic mass is 35.5. The summed E-state index contributed by atoms with van der Waals surface area (Å²) in [4.78, 5) is 10.9. The number of halogens is 1. The van der Waals surface area contributed by atoms with Gasteiger partial charge >= 0.3 is 5.97 Å². The van der Waals surface area contributed by atoms with E-state index in [9.17, 15) is 4.79 Å². The summed E-state index contributed by atoms with van der Waals surface area (Å²) in [5, 5.41) is 9.36. The molecule has 102 valence electrons. The summed E-state index contributed by atoms with van der Waals surface area (Å²) >= 11 is 5.73. The van der Waals surface area contributed by atoms with Crippen molar-refractivity contribution in [3.63, 3.8) is 0 Å². The van der Waals surface area contributed by atoms with Crippen LogP contribution in [-0.4, -0.2) is 17.7 Å². The van der Waals surface area contributed by atoms with Crippen molar-refractivity contribution in [3.05, 3.63) is 28.8 Å². The molecule has 18 heavy (non-hydrogen) atoms. The van der Waals surface area contributed by atoms with Crippen molar-refractivity contribution in [3.8, 4) is 5.75 Å². The van der Waals surface area contributed by atoms with Gasteiger partial charge in [0.15, 0.2) is 0 Å². The van der Waals surface area contributed by atoms with E-state index in [4.69, 9.17) is 21.4 Å². The largest absolute Gasteiger partial charge is 0.493 e. The summed E-state index contributed by atoms with van der Waals surface area (Å²) in [7, 11) is 0. The Bertz CT molecular complexity index is 364. The average Bonchev–Trinajstić information content (AvgIpc) is 2.38. The van der Waals surface area contributed by atoms with Crippen LogP contribution in [0.1, 0.15) is 50.4 Å². The van der Waals surface area contributed by atoms with Gasteiger partial charge in [0, 0.05) is 5.02 Å². The molecule has 0 radical (unpaired) electrons. The maximum Gasteiger partial charge on any atom is 0.339 e. The summed E-state index contributed by atoms with van der Waals surface area (Å²) in [5.41, 5.74) is 0.115. The zero-order valence-electron chi connectivity index (χ0n) is 11.2. The molecule has 1 aromatic carbocycles. The van der Waals surface area contributed by atoms with Crippen LogP contribution < -0.4 is 4.74 Å². The van der Waals surface area contributed by atoms with Crippen molar-refractivity contribution < 1.29 is 14.6 Å². The van der Waals surface area contributed by atoms with E-state index in [1.807, 2.05) is 13.8 Å². The number of benzene rings is 1. The Balaban J connectivity index is 0.00000137. The van der Waals surface area contributed by atoms with Crippen molar-refractivity contribution in [1.29, 1.82) is 0 Å². The molecular weight excluding hydrogens is 252 g/mol. The first kappa shape index (κ1) is 16.8. The maximum absolute atomic E-state index is 10.9. The van der Waals surface area contributed by atoms with Gasteiger partial charge in [-0.1, -0.05) is 45.2 Å². The molecule has 0 fully saturated rings. The van der Waals surface area contributed by atoms with Gasteiger partial charge in [0.2, 0.25) is 0 Å². The highest BCUT2D eigenvalue weighted by Crippen LogP contribution is 2.23. The Morgan fingerprint density at radius 3 is 2.56 bits per heavy atom. The number of ether oxygens (including phenoxy) is 1. The Morgan fingerprint density at radius 1 is 1.33 bits per heavy atom. The van der Waals surface area contributed by atoms with E-state index in [1.54, 1.807) is 12.1 Å². The molecule has 1 N–H and O–H groups in total. The van der Waals surface area contributed by atoms with Crippen LogP contribution in [0.15, 0.2) is 18.2 Å². The van der Waals surface area contributed by atoms with E-state index in [0.29, 0.717) is 17.4 Å². The third kappa shape index (κ3) is 5.92. The fourth-order valence-corrected chi connectivity index (χ4v) is 1.50. The topological polar surface area (TPSA) is 46.5 Å². The minimum atomic E-state index is -1.02. The number of aromatic carboxylic acids is 1. The second-order valence-electron chi connectivity index (χ2n) is 3.50. The highest BCUT2D eigenvalue weighted by Gasteiger charge is 2.11. The van der Waals surface area contributed by atoms with Crippen LogP contribution in [0.25, 0.3) is 0 Å². The van der Waals surface area contributed by atoms with Gasteiger partial charge in [-0.2, -0.15) is 0 Å². The molecule has 0 amide bonds. The molecule has 1 rings (SSSR count). The second kappa shape index (κ2) is 9.77. The Labute approximate surface area is 114 Å². The van der Waals surface area contributed by atoms with Gasteiger partial charge in [-0.15, -0.1) is 0 Å². The fraction of sp³-hybridized carbons (Fsp3) is 0.500. The number of unbranched alkanes of at least 4 members (excludes halogenated alkanes) is 2. The molecule has 0 heterocycles. The molecule has 0 atom stereocenters. The normalized spacial score (nSPS) is 9.33. The lowest BCUT2D eigenvalue weighted by molar-refractivity contribution is 0.0692. The van der Waals surface area contributed by atoms with Gasteiger partial charge in [0.05, 0.1) is 6.61 Å². The first-order valence-corrected chi connectivity index (χ1v) is 6.68. The first-order chi connectivity index (χ1) is 8.65. The minimum Gasteiger partial charge on any atom is -0.493 e. The van der Waals surface area contributed by atoms with Crippen molar-refractivity contribution in [2.75, 3.05) is 6.61 Å². The Morgan fingerprint density at radius 2 is 2.00 bits per heavy atom. The molecule has 0 unspecified atom stereocenters. The van der Waals surface area contributed by atoms with Crippen LogP contribution in [0, 0.1) is 0 Å². The molecule has 0 saturated heterocycles. The minimum absolute atomic E-state index is 0.115. The van der Waals surface area contributed by atoms with Crippen LogP contribution in [-0.2, 0) is 0 Å². The molecule has 0 aliphatic rings. The van der Waals surface area contributed by atoms with E-state index < -0.39 is 5.97 Å². The third-order valence-corrected chi connectivity index (χ3v) is 2.41. The Kier molecular flexibility index (Phi) is 9.11. The van der Waals surface area contributed by atoms with Crippen molar-refractivity contribution in [2.24, 2.45) is 0 Å². The summed E-state index contributed by atoms with van der Waals surface area (Å²) in [6.07, 6.45) is 3.12. The van der Waals surface area contributed by atoms with Crippen LogP contribution >= 0.6 is 11.6 Å². The molecule has 0 spiro atoms. The van der Waals surface area contributed by atoms with Gasteiger partial charge in [-0.25, -0.2) is 4.79 Å². The molecule has 0 bridgehead atoms. The van der Waals surface area contributed by atoms with Crippen LogP contribution in [0.2, 0.25) is 5.02 Å². The van der Waals surface area contributed by atoms with Gasteiger partial charge in [-0.05, 0) is 24.6 Å². The fourth-order valence-electron chi connectivity index (χ4n) is 1.33. The number of rotatable bonds is 6. The summed E-state index contributed by atoms with van der Waals surface area (Å²) in [6.45, 7) is 6.64. The van der Waals surface area contributed by atoms with Crippen LogP contribution in [0.3, 0.4) is 0 Å². The number of hydrogen-bond donors (Lipinski definition) is 1. The van der Waals surface area contributed by atoms with Gasteiger partial charge in [0.25, 0.3) is 0 Å². The van der Waals surface area contributed by atoms with E-state index >= 15 is 0 Å². The monoisotopic (exact) mass is 272 g/mol. The smallest absolute Gasteiger partial charge is 0.339 e. The predicted molar refractivity (Wildman–Crippen MR) is 74.8 cm³/mol. The maximum atomic E-state index is 10.9. The molecule has 0 saturated carbocycles. The molecule has 4 heteroatoms. The Hall–Kier alpha value is -1.22. The number of carboxylic acids is 1. The SMILES string of the molecule is CC.CCCCCOc1ccc(Cl)cc1C(=O)O. The van der Waals surface area contributed by atoms with Gasteiger partial charge in [0.1, 0.15) is 11.3 Å². The predicted octanol–water partition coefficient (Wildman–Crippen LogP) is 4.63. The number of carbonyl (C=O) groups is 1. The number of carboxylic acid groups (broad SMARTS) is 1. The van der Waals surface area contributed by atoms with Gasteiger partial charge < -0.3 is 9.84 Å². The highest BCUT2D eigenvalue weighted by molar-refractivity contribution is 6.31. The second-order valence-corrected chi connectivity index (χ2v) is 3.94. The van der Waals surface area contributed by atoms with Crippen LogP contribution in [0.4, 0.5) is 0 Å². The lowest BCUT2D eigenvalue weighted by atomic mass is 10.2. The van der Waals surface area contributed by atoms with Crippen molar-refractivity contribution >= 4 is 17.6 Å². The molecular formula is C14H21ClO3. The summed E-state index contributed by atoms with van der Waals surface area (Å²) < 4.78 is 5.42. The van der Waals surface area contributed by atoms with E-state index in [2.05, 4.69) is 6.92 Å². The van der Waals surface area contributed by atoms with E-state index in [1.165, 1.54) is 6.07 Å². The molecule has 3 nitrogen and oxygen atoms in total. The first-order valence-electron chi connectivity index (χ1n) is 6.30. The van der Waals surface area contributed by atoms with E-state index in [0.717, 1.165) is 19.3 Å². The molecule has 0 aliphatic carbocycles. The number of hydrogen-bond acceptors (Lipinski definition) is 2.